The lowest BCUT2D eigenvalue weighted by molar-refractivity contribution is -0.137. The van der Waals surface area contributed by atoms with E-state index >= 15 is 0 Å². The normalized spacial score (nSPS) is 19.5. The molecular weight excluding hydrogens is 632 g/mol. The van der Waals surface area contributed by atoms with Gasteiger partial charge in [0.15, 0.2) is 10.3 Å². The molecule has 0 atom stereocenters. The number of para-hydroxylation sites is 2. The molecule has 39 heavy (non-hydrogen) atoms. The first-order valence-corrected chi connectivity index (χ1v) is 13.6. The van der Waals surface area contributed by atoms with Crippen LogP contribution in [0.25, 0.3) is 0 Å². The van der Waals surface area contributed by atoms with Crippen LogP contribution in [0.15, 0.2) is 68.0 Å². The molecule has 4 rings (SSSR count). The number of aliphatic carboxylic acids is 1. The number of carbonyl (C=O) groups excluding carboxylic acids is 3. The lowest BCUT2D eigenvalue weighted by atomic mass is 10.3. The average Bonchev–Trinajstić information content (AvgIpc) is 3.39. The van der Waals surface area contributed by atoms with Crippen LogP contribution in [-0.4, -0.2) is 51.1 Å². The van der Waals surface area contributed by atoms with Crippen LogP contribution in [0.1, 0.15) is 0 Å². The van der Waals surface area contributed by atoms with Gasteiger partial charge in [-0.15, -0.1) is 0 Å². The highest BCUT2D eigenvalue weighted by Gasteiger charge is 2.35. The number of hydrogen-bond donors (Lipinski definition) is 3. The predicted molar refractivity (Wildman–Crippen MR) is 154 cm³/mol. The number of aliphatic imine (C=N–C) groups is 2. The zero-order chi connectivity index (χ0) is 28.4. The number of thioether (sulfide) groups is 2. The third kappa shape index (κ3) is 6.43. The van der Waals surface area contributed by atoms with Gasteiger partial charge in [0.2, 0.25) is 0 Å². The topological polar surface area (TPSA) is 141 Å². The minimum Gasteiger partial charge on any atom is -0.477 e. The van der Waals surface area contributed by atoms with E-state index in [2.05, 4.69) is 20.6 Å². The Morgan fingerprint density at radius 1 is 0.846 bits per heavy atom. The number of amides is 3. The molecule has 0 spiro atoms. The Kier molecular flexibility index (Phi) is 8.94. The van der Waals surface area contributed by atoms with E-state index in [-0.39, 0.29) is 51.6 Å². The Bertz CT molecular complexity index is 1530. The summed E-state index contributed by atoms with van der Waals surface area (Å²) in [4.78, 5) is 58.9. The van der Waals surface area contributed by atoms with E-state index in [1.54, 1.807) is 36.4 Å². The number of nitrogens with one attached hydrogen (secondary N) is 2. The maximum atomic E-state index is 13.0. The van der Waals surface area contributed by atoms with Crippen LogP contribution in [0.3, 0.4) is 0 Å². The number of carboxylic acid groups (broad SMARTS) is 1. The molecule has 0 unspecified atom stereocenters. The average molecular weight is 645 g/mol. The van der Waals surface area contributed by atoms with Gasteiger partial charge in [0.25, 0.3) is 17.7 Å². The molecule has 2 saturated heterocycles. The van der Waals surface area contributed by atoms with Gasteiger partial charge in [-0.2, -0.15) is 0 Å². The first-order valence-electron chi connectivity index (χ1n) is 10.5. The number of carboxylic acids is 1. The Morgan fingerprint density at radius 3 is 1.79 bits per heavy atom. The molecule has 3 amide bonds. The van der Waals surface area contributed by atoms with Crippen molar-refractivity contribution in [2.24, 2.45) is 9.98 Å². The smallest absolute Gasteiger partial charge is 0.354 e. The van der Waals surface area contributed by atoms with Crippen molar-refractivity contribution in [1.82, 2.24) is 15.5 Å². The molecule has 2 aliphatic heterocycles. The molecule has 3 N–H and O–H groups in total. The zero-order valence-corrected chi connectivity index (χ0v) is 23.9. The lowest BCUT2D eigenvalue weighted by Crippen LogP contribution is -2.32. The van der Waals surface area contributed by atoms with E-state index in [1.165, 1.54) is 0 Å². The Balaban J connectivity index is 1.60. The highest BCUT2D eigenvalue weighted by Crippen LogP contribution is 2.37. The van der Waals surface area contributed by atoms with E-state index in [0.717, 1.165) is 29.8 Å². The maximum absolute atomic E-state index is 13.0. The molecule has 10 nitrogen and oxygen atoms in total. The second-order valence-electron chi connectivity index (χ2n) is 7.48. The van der Waals surface area contributed by atoms with E-state index in [4.69, 9.17) is 46.4 Å². The summed E-state index contributed by atoms with van der Waals surface area (Å²) in [6.07, 6.45) is 0.927. The lowest BCUT2D eigenvalue weighted by Gasteiger charge is -2.17. The van der Waals surface area contributed by atoms with Gasteiger partial charge in [0.05, 0.1) is 25.0 Å². The highest BCUT2D eigenvalue weighted by molar-refractivity contribution is 8.19. The van der Waals surface area contributed by atoms with Crippen LogP contribution in [0.5, 0.6) is 0 Å². The number of rotatable bonds is 5. The summed E-state index contributed by atoms with van der Waals surface area (Å²) >= 11 is 26.0. The fraction of sp³-hybridized carbons (Fsp3) is 0.0435. The van der Waals surface area contributed by atoms with Crippen molar-refractivity contribution in [3.63, 3.8) is 0 Å². The number of nitrogens with zero attached hydrogens (tertiary/aromatic N) is 3. The van der Waals surface area contributed by atoms with Crippen molar-refractivity contribution < 1.29 is 24.3 Å². The minimum absolute atomic E-state index is 0.00719. The first-order chi connectivity index (χ1) is 18.5. The van der Waals surface area contributed by atoms with Gasteiger partial charge in [-0.3, -0.25) is 14.4 Å². The minimum atomic E-state index is -1.56. The summed E-state index contributed by atoms with van der Waals surface area (Å²) in [6.45, 7) is 0. The number of halogens is 4. The van der Waals surface area contributed by atoms with Gasteiger partial charge in [-0.25, -0.2) is 14.8 Å². The Labute approximate surface area is 249 Å². The van der Waals surface area contributed by atoms with Crippen LogP contribution in [0.2, 0.25) is 20.1 Å². The van der Waals surface area contributed by atoms with Crippen molar-refractivity contribution in [2.45, 2.75) is 0 Å². The van der Waals surface area contributed by atoms with Gasteiger partial charge in [-0.05, 0) is 47.8 Å². The van der Waals surface area contributed by atoms with E-state index in [0.29, 0.717) is 11.8 Å². The van der Waals surface area contributed by atoms with Gasteiger partial charge in [0.1, 0.15) is 22.0 Å². The monoisotopic (exact) mass is 643 g/mol. The molecule has 2 fully saturated rings. The van der Waals surface area contributed by atoms with Crippen LogP contribution in [-0.2, 0) is 19.2 Å². The van der Waals surface area contributed by atoms with Gasteiger partial charge in [-0.1, -0.05) is 58.5 Å². The summed E-state index contributed by atoms with van der Waals surface area (Å²) in [5.41, 5.74) is -0.225. The summed E-state index contributed by atoms with van der Waals surface area (Å²) < 4.78 is 0. The van der Waals surface area contributed by atoms with E-state index < -0.39 is 29.4 Å². The Morgan fingerprint density at radius 2 is 1.31 bits per heavy atom. The summed E-state index contributed by atoms with van der Waals surface area (Å²) in [7, 11) is 1.15. The molecule has 0 aliphatic carbocycles. The number of hydrogen-bond acceptors (Lipinski definition) is 8. The SMILES string of the molecule is CN(C(=O)C=C1SC(=Nc2c(Cl)cccc2Cl)NC1=O)C(C(=O)O)=C1SC(=Nc2c(Cl)cccc2Cl)NC1=O. The van der Waals surface area contributed by atoms with Gasteiger partial charge in [0, 0.05) is 13.1 Å². The van der Waals surface area contributed by atoms with E-state index in [1.807, 2.05) is 0 Å². The second kappa shape index (κ2) is 12.0. The van der Waals surface area contributed by atoms with Gasteiger partial charge >= 0.3 is 5.97 Å². The quantitative estimate of drug-likeness (QED) is 0.373. The molecule has 0 aromatic heterocycles. The van der Waals surface area contributed by atoms with E-state index in [9.17, 15) is 24.3 Å². The molecule has 0 saturated carbocycles. The molecule has 2 aromatic carbocycles. The predicted octanol–water partition coefficient (Wildman–Crippen LogP) is 5.34. The number of amidine groups is 2. The summed E-state index contributed by atoms with van der Waals surface area (Å²) in [5.74, 6) is -3.89. The second-order valence-corrected chi connectivity index (χ2v) is 11.1. The standard InChI is InChI=1S/C23H13Cl4N5O5S2/c1-32(14(33)8-13-19(34)30-22(38-13)28-15-9(24)4-2-5-10(15)25)17(21(36)37)18-20(35)31-23(39-18)29-16-11(26)6-3-7-12(16)27/h2-8H,1H3,(H,36,37)(H,28,30,34)(H,29,31,35). The third-order valence-corrected chi connectivity index (χ3v) is 8.02. The third-order valence-electron chi connectivity index (χ3n) is 4.92. The van der Waals surface area contributed by atoms with Crippen LogP contribution in [0.4, 0.5) is 11.4 Å². The molecular formula is C23H13Cl4N5O5S2. The van der Waals surface area contributed by atoms with Crippen LogP contribution >= 0.6 is 69.9 Å². The molecule has 16 heteroatoms. The molecule has 2 aromatic rings. The van der Waals surface area contributed by atoms with Crippen molar-refractivity contribution >= 4 is 115 Å². The molecule has 0 bridgehead atoms. The largest absolute Gasteiger partial charge is 0.477 e. The van der Waals surface area contributed by atoms with Gasteiger partial charge < -0.3 is 20.6 Å². The fourth-order valence-electron chi connectivity index (χ4n) is 3.12. The zero-order valence-electron chi connectivity index (χ0n) is 19.3. The molecule has 2 aliphatic rings. The number of carbonyl (C=O) groups is 4. The van der Waals surface area contributed by atoms with Crippen molar-refractivity contribution in [2.75, 3.05) is 7.05 Å². The fourth-order valence-corrected chi connectivity index (χ4v) is 5.81. The van der Waals surface area contributed by atoms with Crippen molar-refractivity contribution in [3.05, 3.63) is 78.1 Å². The van der Waals surface area contributed by atoms with Crippen LogP contribution in [0, 0.1) is 0 Å². The number of likely N-dealkylation sites (N-methyl/N-ethyl adjacent to an activating group) is 1. The van der Waals surface area contributed by atoms with Crippen molar-refractivity contribution in [1.29, 1.82) is 0 Å². The summed E-state index contributed by atoms with van der Waals surface area (Å²) in [6, 6.07) is 9.48. The molecule has 2 heterocycles. The highest BCUT2D eigenvalue weighted by atomic mass is 35.5. The maximum Gasteiger partial charge on any atom is 0.354 e. The number of benzene rings is 2. The Hall–Kier alpha value is -3.00. The molecule has 0 radical (unpaired) electrons. The van der Waals surface area contributed by atoms with Crippen molar-refractivity contribution in [3.8, 4) is 0 Å². The van der Waals surface area contributed by atoms with Crippen LogP contribution < -0.4 is 10.6 Å². The summed E-state index contributed by atoms with van der Waals surface area (Å²) in [5, 5.41) is 15.8. The molecule has 200 valence electrons. The first kappa shape index (κ1) is 29.0.